The molecule has 0 saturated carbocycles. The summed E-state index contributed by atoms with van der Waals surface area (Å²) in [5.41, 5.74) is 0. The Kier molecular flexibility index (Phi) is 8.22. The molecule has 1 aliphatic carbocycles. The van der Waals surface area contributed by atoms with E-state index in [1.54, 1.807) is 0 Å². The van der Waals surface area contributed by atoms with Crippen LogP contribution in [0.5, 0.6) is 0 Å². The van der Waals surface area contributed by atoms with Crippen molar-refractivity contribution in [2.24, 2.45) is 0 Å². The van der Waals surface area contributed by atoms with E-state index in [-0.39, 0.29) is 0 Å². The van der Waals surface area contributed by atoms with E-state index in [9.17, 15) is 0 Å². The van der Waals surface area contributed by atoms with Gasteiger partial charge in [0.15, 0.2) is 0 Å². The predicted octanol–water partition coefficient (Wildman–Crippen LogP) is 3.93. The first-order chi connectivity index (χ1) is 10.4. The number of halogens is 1. The van der Waals surface area contributed by atoms with Gasteiger partial charge in [-0.05, 0) is 0 Å². The number of rotatable bonds is 11. The molecule has 1 aliphatic rings. The van der Waals surface area contributed by atoms with Crippen molar-refractivity contribution in [1.29, 1.82) is 0 Å². The first-order valence-corrected chi connectivity index (χ1v) is 26.2. The predicted molar refractivity (Wildman–Crippen MR) is 95.3 cm³/mol. The van der Waals surface area contributed by atoms with E-state index in [2.05, 4.69) is 48.8 Å². The minimum atomic E-state index is -4.24. The van der Waals surface area contributed by atoms with Crippen LogP contribution in [0.2, 0.25) is 11.5 Å². The van der Waals surface area contributed by atoms with Crippen molar-refractivity contribution in [3.63, 3.8) is 0 Å². The van der Waals surface area contributed by atoms with Crippen LogP contribution in [-0.2, 0) is 17.1 Å². The molecule has 0 unspecified atom stereocenters. The molecule has 1 rings (SSSR count). The van der Waals surface area contributed by atoms with Crippen molar-refractivity contribution in [3.05, 3.63) is 21.5 Å². The molecule has 0 radical (unpaired) electrons. The van der Waals surface area contributed by atoms with Crippen LogP contribution in [0.15, 0.2) is 21.5 Å². The molecule has 0 aromatic rings. The Hall–Kier alpha value is 0.716. The normalized spacial score (nSPS) is 17.4. The van der Waals surface area contributed by atoms with Gasteiger partial charge in [0.2, 0.25) is 0 Å². The molecule has 3 N–H and O–H groups in total. The summed E-state index contributed by atoms with van der Waals surface area (Å²) in [6.07, 6.45) is 10.5. The first-order valence-electron chi connectivity index (χ1n) is 8.84. The molecule has 0 aromatic carbocycles. The van der Waals surface area contributed by atoms with Crippen LogP contribution < -0.4 is 9.78 Å². The summed E-state index contributed by atoms with van der Waals surface area (Å²) < 4.78 is 28.8. The van der Waals surface area contributed by atoms with E-state index in [1.165, 1.54) is 3.28 Å². The fraction of sp³-hybridized carbons (Fsp3) is 0.750. The van der Waals surface area contributed by atoms with Gasteiger partial charge in [0.05, 0.1) is 0 Å². The minimum absolute atomic E-state index is 0.884. The average molecular weight is 452 g/mol. The molecule has 0 saturated heterocycles. The molecule has 0 aliphatic heterocycles. The van der Waals surface area contributed by atoms with Gasteiger partial charge < -0.3 is 0 Å². The Balaban J connectivity index is 3.42. The quantitative estimate of drug-likeness (QED) is 0.416. The van der Waals surface area contributed by atoms with E-state index >= 15 is 3.50 Å². The molecule has 6 heteroatoms. The van der Waals surface area contributed by atoms with Gasteiger partial charge in [0, 0.05) is 0 Å². The van der Waals surface area contributed by atoms with Crippen LogP contribution in [0, 0.1) is 0 Å². The summed E-state index contributed by atoms with van der Waals surface area (Å²) in [6.45, 7) is 9.14. The molecular weight excluding hydrogens is 417 g/mol. The summed E-state index contributed by atoms with van der Waals surface area (Å²) in [4.78, 5) is 0. The van der Waals surface area contributed by atoms with E-state index in [0.717, 1.165) is 45.3 Å². The average Bonchev–Trinajstić information content (AvgIpc) is 3.01. The number of hydrogen-bond donors (Lipinski definition) is 3. The third-order valence-electron chi connectivity index (χ3n) is 4.79. The zero-order valence-electron chi connectivity index (χ0n) is 15.1. The van der Waals surface area contributed by atoms with Crippen molar-refractivity contribution in [1.82, 2.24) is 9.78 Å². The molecule has 0 amide bonds. The van der Waals surface area contributed by atoms with Crippen molar-refractivity contribution >= 4 is 9.94 Å². The monoisotopic (exact) mass is 452 g/mol. The van der Waals surface area contributed by atoms with Crippen molar-refractivity contribution in [3.8, 4) is 0 Å². The van der Waals surface area contributed by atoms with Gasteiger partial charge in [-0.15, -0.1) is 0 Å². The number of nitrogens with one attached hydrogen (secondary N) is 3. The first kappa shape index (κ1) is 20.8. The van der Waals surface area contributed by atoms with Crippen LogP contribution in [0.3, 0.4) is 0 Å². The van der Waals surface area contributed by atoms with E-state index in [4.69, 9.17) is 0 Å². The van der Waals surface area contributed by atoms with Crippen molar-refractivity contribution < 1.29 is 20.6 Å². The topological polar surface area (TPSA) is 36.1 Å². The molecule has 22 heavy (non-hydrogen) atoms. The second-order valence-corrected chi connectivity index (χ2v) is 50.9. The summed E-state index contributed by atoms with van der Waals surface area (Å²) >= 11 is -4.24. The van der Waals surface area contributed by atoms with Gasteiger partial charge in [0.25, 0.3) is 0 Å². The van der Waals surface area contributed by atoms with Gasteiger partial charge in [-0.1, -0.05) is 0 Å². The van der Waals surface area contributed by atoms with Crippen LogP contribution in [0.25, 0.3) is 0 Å². The fourth-order valence-electron chi connectivity index (χ4n) is 3.48. The summed E-state index contributed by atoms with van der Waals surface area (Å²) in [7, 11) is -3.59. The fourth-order valence-corrected chi connectivity index (χ4v) is 51.0. The molecule has 3 nitrogen and oxygen atoms in total. The Morgan fingerprint density at radius 3 is 1.73 bits per heavy atom. The standard InChI is InChI=1S/C5H5.3C3H8N.C2H6FGe.Zr/c1-2-4-5-3-1;3*1-2-3-4;1-4(2)3;/h1-3H,4H2;3*4H,2-3H2,1H3;1-2H3;/q;3*-1;;+3. The molecule has 129 valence electrons. The van der Waals surface area contributed by atoms with E-state index in [0.29, 0.717) is 0 Å². The molecule has 0 bridgehead atoms. The Morgan fingerprint density at radius 2 is 1.45 bits per heavy atom. The van der Waals surface area contributed by atoms with Gasteiger partial charge >= 0.3 is 139 Å². The molecule has 0 spiro atoms. The van der Waals surface area contributed by atoms with Crippen molar-refractivity contribution in [2.75, 3.05) is 19.6 Å². The SMILES string of the molecule is CCC[NH][Zr]([NH]CCC)([NH]CCC)([C]1=CC=CC1)[Ge]([CH3])([CH3])[F]. The zero-order valence-corrected chi connectivity index (χ0v) is 19.6. The van der Waals surface area contributed by atoms with Gasteiger partial charge in [0.1, 0.15) is 0 Å². The summed E-state index contributed by atoms with van der Waals surface area (Å²) in [6, 6.07) is 0. The van der Waals surface area contributed by atoms with Crippen molar-refractivity contribution in [2.45, 2.75) is 58.0 Å². The summed E-state index contributed by atoms with van der Waals surface area (Å²) in [5, 5.41) is 0. The number of hydrogen-bond acceptors (Lipinski definition) is 3. The Morgan fingerprint density at radius 1 is 1.00 bits per heavy atom. The van der Waals surface area contributed by atoms with Crippen LogP contribution in [0.4, 0.5) is 3.50 Å². The van der Waals surface area contributed by atoms with E-state index in [1.807, 2.05) is 11.5 Å². The second-order valence-electron chi connectivity index (χ2n) is 6.83. The maximum absolute atomic E-state index is 16.0. The second kappa shape index (κ2) is 8.71. The third kappa shape index (κ3) is 3.85. The molecule has 0 fully saturated rings. The Labute approximate surface area is 138 Å². The van der Waals surface area contributed by atoms with Crippen LogP contribution in [-0.4, -0.2) is 29.6 Å². The van der Waals surface area contributed by atoms with Crippen LogP contribution in [0.1, 0.15) is 46.5 Å². The van der Waals surface area contributed by atoms with Gasteiger partial charge in [-0.2, -0.15) is 0 Å². The molecule has 0 aromatic heterocycles. The molecular formula is C16H35FGeN3Zr. The molecule has 0 atom stereocenters. The summed E-state index contributed by atoms with van der Waals surface area (Å²) in [5.74, 6) is 3.89. The number of allylic oxidation sites excluding steroid dienone is 4. The zero-order chi connectivity index (χ0) is 16.7. The third-order valence-corrected chi connectivity index (χ3v) is 61.8. The molecule has 0 heterocycles. The van der Waals surface area contributed by atoms with Gasteiger partial charge in [-0.25, -0.2) is 0 Å². The van der Waals surface area contributed by atoms with Crippen LogP contribution >= 0.6 is 0 Å². The maximum atomic E-state index is 16.0. The van der Waals surface area contributed by atoms with Gasteiger partial charge in [-0.3, -0.25) is 0 Å². The van der Waals surface area contributed by atoms with E-state index < -0.39 is 27.1 Å². The Bertz CT molecular complexity index is 394.